The lowest BCUT2D eigenvalue weighted by atomic mass is 10.2. The highest BCUT2D eigenvalue weighted by atomic mass is 32.2. The summed E-state index contributed by atoms with van der Waals surface area (Å²) in [5, 5.41) is 2.72. The number of hydrogen-bond donors (Lipinski definition) is 1. The molecule has 0 saturated heterocycles. The van der Waals surface area contributed by atoms with Crippen molar-refractivity contribution in [3.63, 3.8) is 0 Å². The van der Waals surface area contributed by atoms with Crippen LogP contribution in [0.5, 0.6) is 17.2 Å². The summed E-state index contributed by atoms with van der Waals surface area (Å²) < 4.78 is 42.0. The Kier molecular flexibility index (Phi) is 7.86. The molecule has 29 heavy (non-hydrogen) atoms. The van der Waals surface area contributed by atoms with Gasteiger partial charge in [0.2, 0.25) is 15.9 Å². The Bertz CT molecular complexity index is 928. The van der Waals surface area contributed by atoms with Crippen molar-refractivity contribution in [1.29, 1.82) is 0 Å². The molecular weight excluding hydrogens is 396 g/mol. The van der Waals surface area contributed by atoms with E-state index in [0.29, 0.717) is 23.9 Å². The van der Waals surface area contributed by atoms with Gasteiger partial charge in [0.1, 0.15) is 5.75 Å². The van der Waals surface area contributed by atoms with E-state index in [-0.39, 0.29) is 18.0 Å². The van der Waals surface area contributed by atoms with E-state index < -0.39 is 15.9 Å². The molecule has 9 heteroatoms. The molecule has 0 aliphatic rings. The SMILES string of the molecule is CCOc1cc(CNC(=O)CN(C)S(=O)(=O)c2ccc(OC)cc2)ccc1OC. The lowest BCUT2D eigenvalue weighted by Gasteiger charge is -2.17. The van der Waals surface area contributed by atoms with Crippen LogP contribution in [0.2, 0.25) is 0 Å². The van der Waals surface area contributed by atoms with E-state index in [1.165, 1.54) is 26.3 Å². The number of sulfonamides is 1. The van der Waals surface area contributed by atoms with E-state index >= 15 is 0 Å². The molecule has 0 unspecified atom stereocenters. The van der Waals surface area contributed by atoms with Crippen LogP contribution in [0.3, 0.4) is 0 Å². The molecule has 0 aliphatic heterocycles. The van der Waals surface area contributed by atoms with Crippen LogP contribution in [0.25, 0.3) is 0 Å². The standard InChI is InChI=1S/C20H26N2O6S/c1-5-28-19-12-15(6-11-18(19)27-4)13-21-20(23)14-22(2)29(24,25)17-9-7-16(26-3)8-10-17/h6-12H,5,13-14H2,1-4H3,(H,21,23). The van der Waals surface area contributed by atoms with Crippen molar-refractivity contribution in [2.24, 2.45) is 0 Å². The number of carbonyl (C=O) groups is 1. The van der Waals surface area contributed by atoms with Crippen LogP contribution in [0, 0.1) is 0 Å². The van der Waals surface area contributed by atoms with Gasteiger partial charge in [0.05, 0.1) is 32.3 Å². The molecule has 0 heterocycles. The van der Waals surface area contributed by atoms with Crippen molar-refractivity contribution in [2.75, 3.05) is 34.4 Å². The monoisotopic (exact) mass is 422 g/mol. The van der Waals surface area contributed by atoms with E-state index in [9.17, 15) is 13.2 Å². The minimum Gasteiger partial charge on any atom is -0.497 e. The van der Waals surface area contributed by atoms with Gasteiger partial charge in [-0.25, -0.2) is 8.42 Å². The number of methoxy groups -OCH3 is 2. The number of likely N-dealkylation sites (N-methyl/N-ethyl adjacent to an activating group) is 1. The van der Waals surface area contributed by atoms with Crippen LogP contribution in [-0.2, 0) is 21.4 Å². The third-order valence-corrected chi connectivity index (χ3v) is 5.97. The minimum absolute atomic E-state index is 0.0881. The Morgan fingerprint density at radius 2 is 1.72 bits per heavy atom. The highest BCUT2D eigenvalue weighted by Gasteiger charge is 2.23. The highest BCUT2D eigenvalue weighted by molar-refractivity contribution is 7.89. The second-order valence-corrected chi connectivity index (χ2v) is 8.18. The molecule has 1 N–H and O–H groups in total. The van der Waals surface area contributed by atoms with Crippen LogP contribution < -0.4 is 19.5 Å². The van der Waals surface area contributed by atoms with Gasteiger partial charge in [-0.05, 0) is 48.9 Å². The number of benzene rings is 2. The third kappa shape index (κ3) is 5.85. The van der Waals surface area contributed by atoms with Gasteiger partial charge in [0.15, 0.2) is 11.5 Å². The van der Waals surface area contributed by atoms with E-state index in [2.05, 4.69) is 5.32 Å². The van der Waals surface area contributed by atoms with Crippen molar-refractivity contribution in [2.45, 2.75) is 18.4 Å². The molecule has 0 aliphatic carbocycles. The average Bonchev–Trinajstić information content (AvgIpc) is 2.72. The lowest BCUT2D eigenvalue weighted by Crippen LogP contribution is -2.38. The zero-order valence-corrected chi connectivity index (χ0v) is 17.8. The molecule has 0 fully saturated rings. The fourth-order valence-corrected chi connectivity index (χ4v) is 3.70. The minimum atomic E-state index is -3.78. The molecule has 0 radical (unpaired) electrons. The van der Waals surface area contributed by atoms with Crippen LogP contribution in [0.1, 0.15) is 12.5 Å². The van der Waals surface area contributed by atoms with E-state index in [4.69, 9.17) is 14.2 Å². The summed E-state index contributed by atoms with van der Waals surface area (Å²) in [6.45, 7) is 2.29. The Morgan fingerprint density at radius 1 is 1.03 bits per heavy atom. The van der Waals surface area contributed by atoms with Crippen molar-refractivity contribution in [3.8, 4) is 17.2 Å². The summed E-state index contributed by atoms with van der Waals surface area (Å²) >= 11 is 0. The van der Waals surface area contributed by atoms with Crippen LogP contribution >= 0.6 is 0 Å². The van der Waals surface area contributed by atoms with Crippen molar-refractivity contribution >= 4 is 15.9 Å². The van der Waals surface area contributed by atoms with Gasteiger partial charge >= 0.3 is 0 Å². The largest absolute Gasteiger partial charge is 0.497 e. The van der Waals surface area contributed by atoms with Crippen LogP contribution in [0.15, 0.2) is 47.4 Å². The maximum atomic E-state index is 12.6. The summed E-state index contributed by atoms with van der Waals surface area (Å²) in [5.74, 6) is 1.32. The molecule has 1 amide bonds. The summed E-state index contributed by atoms with van der Waals surface area (Å²) in [6, 6.07) is 11.3. The topological polar surface area (TPSA) is 94.2 Å². The van der Waals surface area contributed by atoms with Gasteiger partial charge in [-0.2, -0.15) is 4.31 Å². The summed E-state index contributed by atoms with van der Waals surface area (Å²) in [5.41, 5.74) is 0.809. The maximum Gasteiger partial charge on any atom is 0.243 e. The Morgan fingerprint density at radius 3 is 2.31 bits per heavy atom. The molecule has 8 nitrogen and oxygen atoms in total. The fraction of sp³-hybridized carbons (Fsp3) is 0.350. The van der Waals surface area contributed by atoms with Crippen molar-refractivity contribution < 1.29 is 27.4 Å². The van der Waals surface area contributed by atoms with Gasteiger partial charge in [0, 0.05) is 13.6 Å². The molecule has 0 spiro atoms. The van der Waals surface area contributed by atoms with Crippen LogP contribution in [-0.4, -0.2) is 53.0 Å². The number of amides is 1. The van der Waals surface area contributed by atoms with Gasteiger partial charge in [0.25, 0.3) is 0 Å². The quantitative estimate of drug-likeness (QED) is 0.630. The zero-order chi connectivity index (χ0) is 21.4. The highest BCUT2D eigenvalue weighted by Crippen LogP contribution is 2.28. The number of rotatable bonds is 10. The van der Waals surface area contributed by atoms with Crippen molar-refractivity contribution in [3.05, 3.63) is 48.0 Å². The molecule has 0 saturated carbocycles. The molecule has 2 aromatic carbocycles. The third-order valence-electron chi connectivity index (χ3n) is 4.15. The lowest BCUT2D eigenvalue weighted by molar-refractivity contribution is -0.121. The predicted octanol–water partition coefficient (Wildman–Crippen LogP) is 2.04. The zero-order valence-electron chi connectivity index (χ0n) is 17.0. The molecule has 0 atom stereocenters. The fourth-order valence-electron chi connectivity index (χ4n) is 2.57. The smallest absolute Gasteiger partial charge is 0.243 e. The number of carbonyl (C=O) groups excluding carboxylic acids is 1. The van der Waals surface area contributed by atoms with E-state index in [1.807, 2.05) is 6.92 Å². The Labute approximate surface area is 171 Å². The molecule has 0 aromatic heterocycles. The van der Waals surface area contributed by atoms with Gasteiger partial charge in [-0.3, -0.25) is 4.79 Å². The van der Waals surface area contributed by atoms with E-state index in [0.717, 1.165) is 9.87 Å². The number of nitrogens with zero attached hydrogens (tertiary/aromatic N) is 1. The second kappa shape index (κ2) is 10.1. The maximum absolute atomic E-state index is 12.6. The van der Waals surface area contributed by atoms with Gasteiger partial charge in [-0.1, -0.05) is 6.07 Å². The summed E-state index contributed by atoms with van der Waals surface area (Å²) in [6.07, 6.45) is 0. The van der Waals surface area contributed by atoms with Crippen molar-refractivity contribution in [1.82, 2.24) is 9.62 Å². The molecular formula is C20H26N2O6S. The number of ether oxygens (including phenoxy) is 3. The predicted molar refractivity (Wildman–Crippen MR) is 109 cm³/mol. The van der Waals surface area contributed by atoms with Gasteiger partial charge < -0.3 is 19.5 Å². The average molecular weight is 423 g/mol. The van der Waals surface area contributed by atoms with Gasteiger partial charge in [-0.15, -0.1) is 0 Å². The normalized spacial score (nSPS) is 11.2. The number of nitrogens with one attached hydrogen (secondary N) is 1. The Balaban J connectivity index is 1.98. The number of hydrogen-bond acceptors (Lipinski definition) is 6. The van der Waals surface area contributed by atoms with E-state index in [1.54, 1.807) is 37.4 Å². The first-order valence-corrected chi connectivity index (χ1v) is 10.4. The second-order valence-electron chi connectivity index (χ2n) is 6.13. The van der Waals surface area contributed by atoms with Crippen LogP contribution in [0.4, 0.5) is 0 Å². The molecule has 158 valence electrons. The summed E-state index contributed by atoms with van der Waals surface area (Å²) in [7, 11) is 0.630. The first kappa shape index (κ1) is 22.5. The first-order chi connectivity index (χ1) is 13.8. The molecule has 0 bridgehead atoms. The first-order valence-electron chi connectivity index (χ1n) is 8.98. The Hall–Kier alpha value is -2.78. The molecule has 2 rings (SSSR count). The molecule has 2 aromatic rings. The summed E-state index contributed by atoms with van der Waals surface area (Å²) in [4.78, 5) is 12.3.